The molecule has 1 aliphatic heterocycles. The van der Waals surface area contributed by atoms with Gasteiger partial charge in [0.1, 0.15) is 6.54 Å². The van der Waals surface area contributed by atoms with Crippen LogP contribution in [0.15, 0.2) is 0 Å². The zero-order valence-corrected chi connectivity index (χ0v) is 5.36. The van der Waals surface area contributed by atoms with Gasteiger partial charge in [-0.05, 0) is 0 Å². The first-order valence-corrected chi connectivity index (χ1v) is 2.92. The van der Waals surface area contributed by atoms with E-state index in [0.29, 0.717) is 18.0 Å². The van der Waals surface area contributed by atoms with Crippen LogP contribution in [0, 0.1) is 0 Å². The Morgan fingerprint density at radius 1 is 1.50 bits per heavy atom. The first-order valence-electron chi connectivity index (χ1n) is 2.92. The maximum absolute atomic E-state index is 10.6. The summed E-state index contributed by atoms with van der Waals surface area (Å²) in [4.78, 5) is 22.0. The van der Waals surface area contributed by atoms with Gasteiger partial charge in [0.15, 0.2) is 0 Å². The van der Waals surface area contributed by atoms with E-state index in [-0.39, 0.29) is 13.1 Å². The lowest BCUT2D eigenvalue weighted by atomic mass is 10.4. The maximum atomic E-state index is 10.6. The Labute approximate surface area is 57.8 Å². The lowest BCUT2D eigenvalue weighted by molar-refractivity contribution is -0.174. The third-order valence-corrected chi connectivity index (χ3v) is 1.37. The SMILES string of the molecule is O=CN1CCN(O)C(=O)C1. The highest BCUT2D eigenvalue weighted by atomic mass is 16.5. The Morgan fingerprint density at radius 3 is 2.70 bits per heavy atom. The van der Waals surface area contributed by atoms with Gasteiger partial charge in [-0.1, -0.05) is 0 Å². The largest absolute Gasteiger partial charge is 0.334 e. The monoisotopic (exact) mass is 144 g/mol. The van der Waals surface area contributed by atoms with Crippen molar-refractivity contribution in [1.29, 1.82) is 0 Å². The minimum absolute atomic E-state index is 0.0139. The van der Waals surface area contributed by atoms with Crippen LogP contribution in [-0.2, 0) is 9.59 Å². The number of amides is 2. The predicted molar refractivity (Wildman–Crippen MR) is 31.1 cm³/mol. The van der Waals surface area contributed by atoms with E-state index in [1.807, 2.05) is 0 Å². The molecule has 10 heavy (non-hydrogen) atoms. The summed E-state index contributed by atoms with van der Waals surface area (Å²) in [7, 11) is 0. The fraction of sp³-hybridized carbons (Fsp3) is 0.600. The van der Waals surface area contributed by atoms with Crippen molar-refractivity contribution in [2.45, 2.75) is 0 Å². The highest BCUT2D eigenvalue weighted by Crippen LogP contribution is 1.96. The summed E-state index contributed by atoms with van der Waals surface area (Å²) in [5, 5.41) is 9.36. The Kier molecular flexibility index (Phi) is 1.86. The van der Waals surface area contributed by atoms with E-state index >= 15 is 0 Å². The normalized spacial score (nSPS) is 19.5. The number of nitrogens with zero attached hydrogens (tertiary/aromatic N) is 2. The summed E-state index contributed by atoms with van der Waals surface area (Å²) in [6.45, 7) is 0.601. The van der Waals surface area contributed by atoms with Crippen molar-refractivity contribution in [3.8, 4) is 0 Å². The molecular weight excluding hydrogens is 136 g/mol. The Hall–Kier alpha value is -1.10. The van der Waals surface area contributed by atoms with E-state index in [1.54, 1.807) is 0 Å². The van der Waals surface area contributed by atoms with E-state index < -0.39 is 5.91 Å². The van der Waals surface area contributed by atoms with Crippen molar-refractivity contribution in [3.63, 3.8) is 0 Å². The number of piperazine rings is 1. The summed E-state index contributed by atoms with van der Waals surface area (Å²) in [5.74, 6) is -0.432. The number of hydroxylamine groups is 2. The summed E-state index contributed by atoms with van der Waals surface area (Å²) in [6.07, 6.45) is 0.602. The van der Waals surface area contributed by atoms with Crippen LogP contribution in [0.4, 0.5) is 0 Å². The van der Waals surface area contributed by atoms with Crippen LogP contribution in [0.1, 0.15) is 0 Å². The van der Waals surface area contributed by atoms with Gasteiger partial charge in [-0.3, -0.25) is 14.8 Å². The molecule has 56 valence electrons. The standard InChI is InChI=1S/C5H8N2O3/c8-4-6-1-2-7(10)5(9)3-6/h4,10H,1-3H2. The number of carbonyl (C=O) groups excluding carboxylic acids is 2. The number of hydrogen-bond acceptors (Lipinski definition) is 3. The van der Waals surface area contributed by atoms with Gasteiger partial charge in [0.25, 0.3) is 5.91 Å². The van der Waals surface area contributed by atoms with Gasteiger partial charge in [0.05, 0.1) is 6.54 Å². The highest BCUT2D eigenvalue weighted by molar-refractivity contribution is 5.79. The molecule has 0 spiro atoms. The van der Waals surface area contributed by atoms with Crippen LogP contribution in [0.5, 0.6) is 0 Å². The smallest absolute Gasteiger partial charge is 0.265 e. The zero-order chi connectivity index (χ0) is 7.56. The Balaban J connectivity index is 2.48. The fourth-order valence-electron chi connectivity index (χ4n) is 0.772. The van der Waals surface area contributed by atoms with Crippen LogP contribution in [0.25, 0.3) is 0 Å². The molecule has 5 heteroatoms. The van der Waals surface area contributed by atoms with Gasteiger partial charge in [0.2, 0.25) is 6.41 Å². The van der Waals surface area contributed by atoms with Gasteiger partial charge in [-0.25, -0.2) is 5.06 Å². The quantitative estimate of drug-likeness (QED) is 0.366. The van der Waals surface area contributed by atoms with Crippen molar-refractivity contribution in [1.82, 2.24) is 9.96 Å². The van der Waals surface area contributed by atoms with E-state index in [9.17, 15) is 9.59 Å². The maximum Gasteiger partial charge on any atom is 0.265 e. The lowest BCUT2D eigenvalue weighted by Crippen LogP contribution is -2.48. The molecule has 1 saturated heterocycles. The summed E-state index contributed by atoms with van der Waals surface area (Å²) >= 11 is 0. The molecule has 0 atom stereocenters. The number of rotatable bonds is 1. The number of carbonyl (C=O) groups is 2. The van der Waals surface area contributed by atoms with Crippen molar-refractivity contribution in [2.24, 2.45) is 0 Å². The summed E-state index contributed by atoms with van der Waals surface area (Å²) in [5.41, 5.74) is 0. The minimum atomic E-state index is -0.432. The molecule has 0 aliphatic carbocycles. The lowest BCUT2D eigenvalue weighted by Gasteiger charge is -2.27. The molecule has 1 N–H and O–H groups in total. The predicted octanol–water partition coefficient (Wildman–Crippen LogP) is -1.32. The van der Waals surface area contributed by atoms with Gasteiger partial charge in [-0.2, -0.15) is 0 Å². The second-order valence-electron chi connectivity index (χ2n) is 2.09. The first-order chi connectivity index (χ1) is 4.74. The summed E-state index contributed by atoms with van der Waals surface area (Å²) in [6, 6.07) is 0. The molecule has 5 nitrogen and oxygen atoms in total. The molecule has 0 aromatic carbocycles. The molecule has 1 aliphatic rings. The molecule has 0 unspecified atom stereocenters. The molecule has 1 heterocycles. The van der Waals surface area contributed by atoms with E-state index in [2.05, 4.69) is 0 Å². The first kappa shape index (κ1) is 7.01. The number of hydrogen-bond donors (Lipinski definition) is 1. The molecule has 0 aromatic heterocycles. The molecular formula is C5H8N2O3. The Bertz CT molecular complexity index is 159. The van der Waals surface area contributed by atoms with Gasteiger partial charge in [0, 0.05) is 6.54 Å². The molecule has 1 rings (SSSR count). The minimum Gasteiger partial charge on any atom is -0.334 e. The molecule has 2 amide bonds. The van der Waals surface area contributed by atoms with Crippen LogP contribution in [0.3, 0.4) is 0 Å². The van der Waals surface area contributed by atoms with Crippen LogP contribution in [-0.4, -0.2) is 47.1 Å². The molecule has 0 aromatic rings. The van der Waals surface area contributed by atoms with Gasteiger partial charge in [-0.15, -0.1) is 0 Å². The van der Waals surface area contributed by atoms with Crippen molar-refractivity contribution in [3.05, 3.63) is 0 Å². The van der Waals surface area contributed by atoms with Crippen LogP contribution in [0.2, 0.25) is 0 Å². The molecule has 0 saturated carbocycles. The van der Waals surface area contributed by atoms with Gasteiger partial charge >= 0.3 is 0 Å². The molecule has 1 fully saturated rings. The van der Waals surface area contributed by atoms with Gasteiger partial charge < -0.3 is 4.90 Å². The average Bonchev–Trinajstić information content (AvgIpc) is 1.95. The third kappa shape index (κ3) is 1.24. The molecule has 0 bridgehead atoms. The summed E-state index contributed by atoms with van der Waals surface area (Å²) < 4.78 is 0. The fourth-order valence-corrected chi connectivity index (χ4v) is 0.772. The second-order valence-corrected chi connectivity index (χ2v) is 2.09. The van der Waals surface area contributed by atoms with Crippen molar-refractivity contribution < 1.29 is 14.8 Å². The Morgan fingerprint density at radius 2 is 2.20 bits per heavy atom. The highest BCUT2D eigenvalue weighted by Gasteiger charge is 2.20. The zero-order valence-electron chi connectivity index (χ0n) is 5.36. The topological polar surface area (TPSA) is 60.9 Å². The van der Waals surface area contributed by atoms with E-state index in [1.165, 1.54) is 4.90 Å². The van der Waals surface area contributed by atoms with Crippen LogP contribution < -0.4 is 0 Å². The van der Waals surface area contributed by atoms with Crippen molar-refractivity contribution >= 4 is 12.3 Å². The average molecular weight is 144 g/mol. The third-order valence-electron chi connectivity index (χ3n) is 1.37. The van der Waals surface area contributed by atoms with E-state index in [4.69, 9.17) is 5.21 Å². The van der Waals surface area contributed by atoms with E-state index in [0.717, 1.165) is 0 Å². The molecule has 0 radical (unpaired) electrons. The van der Waals surface area contributed by atoms with Crippen LogP contribution >= 0.6 is 0 Å². The van der Waals surface area contributed by atoms with Crippen molar-refractivity contribution in [2.75, 3.05) is 19.6 Å². The second kappa shape index (κ2) is 2.66.